The molecule has 2 N–H and O–H groups in total. The number of nitrogens with zero attached hydrogens (tertiary/aromatic N) is 1. The molecule has 1 aromatic rings. The number of aliphatic hydroxyl groups is 1. The van der Waals surface area contributed by atoms with Crippen molar-refractivity contribution in [1.82, 2.24) is 10.2 Å². The highest BCUT2D eigenvalue weighted by atomic mass is 79.9. The minimum absolute atomic E-state index is 0.398. The van der Waals surface area contributed by atoms with Crippen molar-refractivity contribution in [2.45, 2.75) is 39.0 Å². The highest BCUT2D eigenvalue weighted by molar-refractivity contribution is 9.10. The van der Waals surface area contributed by atoms with Gasteiger partial charge in [-0.1, -0.05) is 13.8 Å². The molecule has 1 rings (SSSR count). The van der Waals surface area contributed by atoms with Crippen molar-refractivity contribution in [1.29, 1.82) is 0 Å². The van der Waals surface area contributed by atoms with Crippen LogP contribution >= 0.6 is 27.3 Å². The molecular formula is C13H23BrN2OS. The Morgan fingerprint density at radius 1 is 1.56 bits per heavy atom. The predicted octanol–water partition coefficient (Wildman–Crippen LogP) is 2.69. The minimum Gasteiger partial charge on any atom is -0.388 e. The van der Waals surface area contributed by atoms with E-state index < -0.39 is 5.60 Å². The second kappa shape index (κ2) is 7.01. The van der Waals surface area contributed by atoms with Crippen LogP contribution in [-0.2, 0) is 6.54 Å². The van der Waals surface area contributed by atoms with E-state index in [9.17, 15) is 5.11 Å². The SMILES string of the molecule is CC(C)NCC(C)(O)CN(C)Cc1cc(Br)cs1. The Kier molecular flexibility index (Phi) is 6.27. The molecule has 5 heteroatoms. The van der Waals surface area contributed by atoms with Crippen molar-refractivity contribution in [2.24, 2.45) is 0 Å². The molecule has 0 amide bonds. The summed E-state index contributed by atoms with van der Waals surface area (Å²) < 4.78 is 1.13. The molecule has 1 aromatic heterocycles. The second-order valence-electron chi connectivity index (χ2n) is 5.44. The van der Waals surface area contributed by atoms with Gasteiger partial charge in [0.1, 0.15) is 0 Å². The first-order chi connectivity index (χ1) is 8.28. The second-order valence-corrected chi connectivity index (χ2v) is 7.35. The van der Waals surface area contributed by atoms with Gasteiger partial charge in [-0.3, -0.25) is 4.90 Å². The summed E-state index contributed by atoms with van der Waals surface area (Å²) in [6, 6.07) is 2.53. The predicted molar refractivity (Wildman–Crippen MR) is 82.1 cm³/mol. The zero-order chi connectivity index (χ0) is 13.8. The Hall–Kier alpha value is 0.0600. The van der Waals surface area contributed by atoms with E-state index in [1.165, 1.54) is 4.88 Å². The van der Waals surface area contributed by atoms with E-state index in [1.54, 1.807) is 11.3 Å². The standard InChI is InChI=1S/C13H23BrN2OS/c1-10(2)15-8-13(3,17)9-16(4)6-12-5-11(14)7-18-12/h5,7,10,15,17H,6,8-9H2,1-4H3. The molecule has 3 nitrogen and oxygen atoms in total. The van der Waals surface area contributed by atoms with Gasteiger partial charge in [-0.2, -0.15) is 0 Å². The van der Waals surface area contributed by atoms with E-state index in [-0.39, 0.29) is 0 Å². The molecule has 0 spiro atoms. The van der Waals surface area contributed by atoms with E-state index in [1.807, 2.05) is 14.0 Å². The summed E-state index contributed by atoms with van der Waals surface area (Å²) in [6.45, 7) is 8.19. The quantitative estimate of drug-likeness (QED) is 0.804. The lowest BCUT2D eigenvalue weighted by Crippen LogP contribution is -2.47. The molecule has 1 unspecified atom stereocenters. The highest BCUT2D eigenvalue weighted by Crippen LogP contribution is 2.21. The van der Waals surface area contributed by atoms with Gasteiger partial charge < -0.3 is 10.4 Å². The van der Waals surface area contributed by atoms with E-state index in [2.05, 4.69) is 51.4 Å². The number of hydrogen-bond donors (Lipinski definition) is 2. The topological polar surface area (TPSA) is 35.5 Å². The lowest BCUT2D eigenvalue weighted by atomic mass is 10.1. The van der Waals surface area contributed by atoms with Crippen molar-refractivity contribution in [3.63, 3.8) is 0 Å². The van der Waals surface area contributed by atoms with Crippen molar-refractivity contribution < 1.29 is 5.11 Å². The maximum atomic E-state index is 10.3. The van der Waals surface area contributed by atoms with Crippen LogP contribution in [0.25, 0.3) is 0 Å². The molecule has 0 saturated carbocycles. The molecule has 0 fully saturated rings. The first-order valence-corrected chi connectivity index (χ1v) is 7.83. The van der Waals surface area contributed by atoms with E-state index in [0.717, 1.165) is 11.0 Å². The Labute approximate surface area is 122 Å². The van der Waals surface area contributed by atoms with Crippen molar-refractivity contribution in [3.05, 3.63) is 20.8 Å². The van der Waals surface area contributed by atoms with Crippen LogP contribution in [-0.4, -0.2) is 41.8 Å². The molecular weight excluding hydrogens is 312 g/mol. The Balaban J connectivity index is 2.40. The number of nitrogens with one attached hydrogen (secondary N) is 1. The summed E-state index contributed by atoms with van der Waals surface area (Å²) in [6.07, 6.45) is 0. The third-order valence-corrected chi connectivity index (χ3v) is 4.23. The molecule has 0 saturated heterocycles. The Bertz CT molecular complexity index is 366. The fourth-order valence-corrected chi connectivity index (χ4v) is 3.35. The molecule has 1 heterocycles. The maximum absolute atomic E-state index is 10.3. The lowest BCUT2D eigenvalue weighted by Gasteiger charge is -2.30. The number of halogens is 1. The minimum atomic E-state index is -0.701. The number of thiophene rings is 1. The van der Waals surface area contributed by atoms with Crippen molar-refractivity contribution >= 4 is 27.3 Å². The highest BCUT2D eigenvalue weighted by Gasteiger charge is 2.22. The lowest BCUT2D eigenvalue weighted by molar-refractivity contribution is 0.0242. The number of rotatable bonds is 7. The van der Waals surface area contributed by atoms with Gasteiger partial charge in [-0.15, -0.1) is 11.3 Å². The van der Waals surface area contributed by atoms with E-state index in [0.29, 0.717) is 19.1 Å². The van der Waals surface area contributed by atoms with Crippen LogP contribution in [0.15, 0.2) is 15.9 Å². The fourth-order valence-electron chi connectivity index (χ4n) is 1.82. The van der Waals surface area contributed by atoms with Crippen LogP contribution in [0.2, 0.25) is 0 Å². The van der Waals surface area contributed by atoms with Crippen LogP contribution in [0, 0.1) is 0 Å². The number of likely N-dealkylation sites (N-methyl/N-ethyl adjacent to an activating group) is 1. The summed E-state index contributed by atoms with van der Waals surface area (Å²) in [5.74, 6) is 0. The summed E-state index contributed by atoms with van der Waals surface area (Å²) in [5.41, 5.74) is -0.701. The average Bonchev–Trinajstić information content (AvgIpc) is 2.60. The smallest absolute Gasteiger partial charge is 0.0869 e. The van der Waals surface area contributed by atoms with Gasteiger partial charge in [0.05, 0.1) is 5.60 Å². The third-order valence-electron chi connectivity index (χ3n) is 2.55. The molecule has 18 heavy (non-hydrogen) atoms. The van der Waals surface area contributed by atoms with Crippen LogP contribution in [0.3, 0.4) is 0 Å². The van der Waals surface area contributed by atoms with E-state index in [4.69, 9.17) is 0 Å². The molecule has 0 bridgehead atoms. The van der Waals surface area contributed by atoms with Gasteiger partial charge in [0.25, 0.3) is 0 Å². The molecule has 0 aromatic carbocycles. The van der Waals surface area contributed by atoms with Gasteiger partial charge in [0, 0.05) is 40.4 Å². The van der Waals surface area contributed by atoms with Crippen molar-refractivity contribution in [2.75, 3.05) is 20.1 Å². The van der Waals surface area contributed by atoms with Gasteiger partial charge in [-0.25, -0.2) is 0 Å². The Morgan fingerprint density at radius 2 is 2.22 bits per heavy atom. The number of hydrogen-bond acceptors (Lipinski definition) is 4. The largest absolute Gasteiger partial charge is 0.388 e. The third kappa shape index (κ3) is 6.29. The summed E-state index contributed by atoms with van der Waals surface area (Å²) in [5, 5.41) is 15.7. The van der Waals surface area contributed by atoms with Gasteiger partial charge in [0.2, 0.25) is 0 Å². The summed E-state index contributed by atoms with van der Waals surface area (Å²) in [7, 11) is 2.04. The van der Waals surface area contributed by atoms with Crippen LogP contribution in [0.5, 0.6) is 0 Å². The zero-order valence-electron chi connectivity index (χ0n) is 11.5. The van der Waals surface area contributed by atoms with Gasteiger partial charge >= 0.3 is 0 Å². The summed E-state index contributed by atoms with van der Waals surface area (Å²) >= 11 is 5.19. The molecule has 0 aliphatic rings. The molecule has 0 aliphatic carbocycles. The first kappa shape index (κ1) is 16.1. The maximum Gasteiger partial charge on any atom is 0.0869 e. The molecule has 1 atom stereocenters. The fraction of sp³-hybridized carbons (Fsp3) is 0.692. The Morgan fingerprint density at radius 3 is 2.72 bits per heavy atom. The van der Waals surface area contributed by atoms with Crippen molar-refractivity contribution in [3.8, 4) is 0 Å². The van der Waals surface area contributed by atoms with Gasteiger partial charge in [-0.05, 0) is 36.0 Å². The van der Waals surface area contributed by atoms with Crippen LogP contribution < -0.4 is 5.32 Å². The first-order valence-electron chi connectivity index (χ1n) is 6.16. The average molecular weight is 335 g/mol. The molecule has 0 radical (unpaired) electrons. The van der Waals surface area contributed by atoms with Gasteiger partial charge in [0.15, 0.2) is 0 Å². The molecule has 104 valence electrons. The monoisotopic (exact) mass is 334 g/mol. The van der Waals surface area contributed by atoms with Crippen LogP contribution in [0.4, 0.5) is 0 Å². The van der Waals surface area contributed by atoms with Crippen LogP contribution in [0.1, 0.15) is 25.6 Å². The summed E-state index contributed by atoms with van der Waals surface area (Å²) in [4.78, 5) is 3.46. The van der Waals surface area contributed by atoms with E-state index >= 15 is 0 Å². The molecule has 0 aliphatic heterocycles. The normalized spacial score (nSPS) is 15.3. The zero-order valence-corrected chi connectivity index (χ0v) is 13.9.